The van der Waals surface area contributed by atoms with E-state index in [-0.39, 0.29) is 46.8 Å². The van der Waals surface area contributed by atoms with Crippen molar-refractivity contribution in [3.63, 3.8) is 0 Å². The predicted molar refractivity (Wildman–Crippen MR) is 108 cm³/mol. The van der Waals surface area contributed by atoms with Crippen molar-refractivity contribution in [3.8, 4) is 0 Å². The number of ether oxygens (including phenoxy) is 3. The minimum absolute atomic E-state index is 0.0176. The number of thioether (sulfide) groups is 1. The topological polar surface area (TPSA) is 112 Å². The number of aliphatic hydroxyl groups excluding tert-OH is 1. The summed E-state index contributed by atoms with van der Waals surface area (Å²) in [5.74, 6) is -0.809. The van der Waals surface area contributed by atoms with Gasteiger partial charge < -0.3 is 30.4 Å². The Kier molecular flexibility index (Phi) is 3.43. The number of nitrogen functional groups attached to an aromatic ring is 1. The number of aromatic nitrogens is 2. The van der Waals surface area contributed by atoms with Crippen LogP contribution in [0.1, 0.15) is 49.5 Å². The smallest absolute Gasteiger partial charge is 0.191 e. The van der Waals surface area contributed by atoms with Gasteiger partial charge in [-0.3, -0.25) is 0 Å². The molecule has 1 aromatic heterocycles. The molecule has 0 amide bonds. The minimum atomic E-state index is -3.23. The van der Waals surface area contributed by atoms with E-state index in [4.69, 9.17) is 41.1 Å². The number of halogens is 1. The highest BCUT2D eigenvalue weighted by Crippen LogP contribution is 2.66. The molecule has 1 aromatic rings. The maximum atomic E-state index is 9.24. The van der Waals surface area contributed by atoms with Gasteiger partial charge in [-0.1, -0.05) is 30.2 Å². The van der Waals surface area contributed by atoms with Gasteiger partial charge in [-0.2, -0.15) is 0 Å². The summed E-state index contributed by atoms with van der Waals surface area (Å²) in [7, 11) is 0. The van der Waals surface area contributed by atoms with Crippen molar-refractivity contribution in [2.45, 2.75) is 74.2 Å². The fraction of sp³-hybridized carbons (Fsp3) is 0.778. The van der Waals surface area contributed by atoms with Gasteiger partial charge in [0, 0.05) is 28.1 Å². The molecule has 1 aliphatic heterocycles. The van der Waals surface area contributed by atoms with Crippen LogP contribution in [0.2, 0.25) is 5.15 Å². The van der Waals surface area contributed by atoms with Crippen molar-refractivity contribution in [2.75, 3.05) is 30.0 Å². The van der Waals surface area contributed by atoms with Crippen molar-refractivity contribution in [2.24, 2.45) is 0 Å². The molecule has 5 rings (SSSR count). The van der Waals surface area contributed by atoms with Crippen molar-refractivity contribution < 1.29 is 28.9 Å². The summed E-state index contributed by atoms with van der Waals surface area (Å²) in [6.07, 6.45) is -2.65. The zero-order valence-corrected chi connectivity index (χ0v) is 17.0. The molecule has 3 aliphatic carbocycles. The first-order chi connectivity index (χ1) is 15.9. The third-order valence-electron chi connectivity index (χ3n) is 5.34. The van der Waals surface area contributed by atoms with E-state index in [0.717, 1.165) is 0 Å². The number of fused-ring (bicyclic) bond motifs is 1. The zero-order chi connectivity index (χ0) is 26.2. The van der Waals surface area contributed by atoms with E-state index in [1.54, 1.807) is 13.8 Å². The lowest BCUT2D eigenvalue weighted by molar-refractivity contribution is -0.199. The summed E-state index contributed by atoms with van der Waals surface area (Å²) in [4.78, 5) is 8.14. The molecule has 0 aromatic carbocycles. The standard InChI is InChI=1S/C18H27ClN4O4S/c1-4-7-28-15-22-12(19)11(20)13(23-15)21-10-8-17(25-6-5-24)9-18(10)14(17)26-16(2,3)27-18/h10,14,24H,4-9,20H2,1-3H3,(H,21,22,23)/t10-,14-,17?,18?/m1/s1/i1D3,4D2,7D2. The summed E-state index contributed by atoms with van der Waals surface area (Å²) >= 11 is 6.37. The molecular formula is C18H27ClN4O4S. The largest absolute Gasteiger partial charge is 0.394 e. The molecule has 4 fully saturated rings. The third-order valence-corrected chi connectivity index (χ3v) is 6.20. The van der Waals surface area contributed by atoms with Crippen molar-refractivity contribution in [1.29, 1.82) is 0 Å². The van der Waals surface area contributed by atoms with Crippen LogP contribution >= 0.6 is 23.4 Å². The second-order valence-corrected chi connectivity index (χ2v) is 8.69. The van der Waals surface area contributed by atoms with Crippen LogP contribution in [0.25, 0.3) is 0 Å². The molecule has 2 bridgehead atoms. The second kappa shape index (κ2) is 7.14. The maximum Gasteiger partial charge on any atom is 0.191 e. The van der Waals surface area contributed by atoms with Gasteiger partial charge in [0.25, 0.3) is 0 Å². The van der Waals surface area contributed by atoms with E-state index < -0.39 is 48.1 Å². The van der Waals surface area contributed by atoms with Gasteiger partial charge in [0.2, 0.25) is 0 Å². The Balaban J connectivity index is 1.61. The number of nitrogens with two attached hydrogens (primary N) is 1. The van der Waals surface area contributed by atoms with Gasteiger partial charge in [-0.25, -0.2) is 9.97 Å². The number of anilines is 2. The van der Waals surface area contributed by atoms with E-state index in [2.05, 4.69) is 15.3 Å². The zero-order valence-electron chi connectivity index (χ0n) is 22.4. The van der Waals surface area contributed by atoms with Gasteiger partial charge in [-0.05, 0) is 20.2 Å². The number of hydrogen-bond donors (Lipinski definition) is 3. The van der Waals surface area contributed by atoms with Gasteiger partial charge in [0.05, 0.1) is 19.3 Å². The fourth-order valence-corrected chi connectivity index (χ4v) is 5.16. The monoisotopic (exact) mass is 437 g/mol. The highest BCUT2D eigenvalue weighted by Gasteiger charge is 2.81. The minimum Gasteiger partial charge on any atom is -0.394 e. The Morgan fingerprint density at radius 3 is 3.11 bits per heavy atom. The SMILES string of the molecule is [2H]C([2H])([2H])C([2H])([2H])C([2H])([2H])Sc1nc(Cl)c(N)c(N[C@@H]2CC3(OCCO)CC24OC(C)(C)O[C@H]34)n1. The van der Waals surface area contributed by atoms with E-state index in [1.807, 2.05) is 0 Å². The van der Waals surface area contributed by atoms with E-state index in [9.17, 15) is 5.11 Å². The number of hydrogen-bond acceptors (Lipinski definition) is 9. The lowest BCUT2D eigenvalue weighted by Gasteiger charge is -2.48. The van der Waals surface area contributed by atoms with E-state index in [0.29, 0.717) is 12.8 Å². The lowest BCUT2D eigenvalue weighted by Crippen LogP contribution is -2.65. The van der Waals surface area contributed by atoms with Gasteiger partial charge in [-0.15, -0.1) is 0 Å². The molecule has 28 heavy (non-hydrogen) atoms. The molecule has 4 atom stereocenters. The summed E-state index contributed by atoms with van der Waals surface area (Å²) in [6, 6.07) is -0.398. The second-order valence-electron chi connectivity index (χ2n) is 7.56. The van der Waals surface area contributed by atoms with Crippen LogP contribution in [0.5, 0.6) is 0 Å². The van der Waals surface area contributed by atoms with Crippen LogP contribution in [0.15, 0.2) is 5.16 Å². The average molecular weight is 438 g/mol. The Labute approximate surface area is 183 Å². The molecule has 2 heterocycles. The van der Waals surface area contributed by atoms with E-state index in [1.165, 1.54) is 0 Å². The summed E-state index contributed by atoms with van der Waals surface area (Å²) in [5.41, 5.74) is 1.72. The number of nitrogens with zero attached hydrogens (tertiary/aromatic N) is 2. The number of nitrogens with one attached hydrogen (secondary N) is 1. The first kappa shape index (κ1) is 13.5. The van der Waals surface area contributed by atoms with Crippen molar-refractivity contribution >= 4 is 34.9 Å². The molecular weight excluding hydrogens is 404 g/mol. The molecule has 156 valence electrons. The summed E-state index contributed by atoms with van der Waals surface area (Å²) in [5, 5.41) is 11.9. The van der Waals surface area contributed by atoms with Crippen molar-refractivity contribution in [1.82, 2.24) is 9.97 Å². The quantitative estimate of drug-likeness (QED) is 0.320. The molecule has 4 N–H and O–H groups in total. The Hall–Kier alpha value is -0.840. The molecule has 1 saturated heterocycles. The molecule has 8 nitrogen and oxygen atoms in total. The highest BCUT2D eigenvalue weighted by atomic mass is 35.5. The van der Waals surface area contributed by atoms with Crippen LogP contribution in [-0.2, 0) is 14.2 Å². The highest BCUT2D eigenvalue weighted by molar-refractivity contribution is 7.99. The van der Waals surface area contributed by atoms with Gasteiger partial charge in [0.15, 0.2) is 21.9 Å². The van der Waals surface area contributed by atoms with Crippen LogP contribution in [0.3, 0.4) is 0 Å². The van der Waals surface area contributed by atoms with Crippen LogP contribution in [0.4, 0.5) is 11.5 Å². The number of aliphatic hydroxyl groups is 1. The number of rotatable bonds is 8. The Morgan fingerprint density at radius 2 is 2.36 bits per heavy atom. The third kappa shape index (κ3) is 3.16. The average Bonchev–Trinajstić information content (AvgIpc) is 3.22. The van der Waals surface area contributed by atoms with Gasteiger partial charge in [0.1, 0.15) is 23.0 Å². The maximum absolute atomic E-state index is 9.24. The summed E-state index contributed by atoms with van der Waals surface area (Å²) < 4.78 is 72.1. The molecule has 3 saturated carbocycles. The first-order valence-corrected chi connectivity index (χ1v) is 10.0. The Morgan fingerprint density at radius 1 is 1.54 bits per heavy atom. The van der Waals surface area contributed by atoms with Crippen LogP contribution in [-0.4, -0.2) is 63.1 Å². The Bertz CT molecular complexity index is 1020. The first-order valence-electron chi connectivity index (χ1n) is 12.3. The molecule has 2 unspecified atom stereocenters. The van der Waals surface area contributed by atoms with E-state index >= 15 is 0 Å². The summed E-state index contributed by atoms with van der Waals surface area (Å²) in [6.45, 7) is 0.336. The molecule has 10 heteroatoms. The lowest BCUT2D eigenvalue weighted by atomic mass is 9.72. The fourth-order valence-electron chi connectivity index (χ4n) is 4.53. The molecule has 1 spiro atoms. The van der Waals surface area contributed by atoms with Crippen LogP contribution in [0, 0.1) is 0 Å². The molecule has 4 aliphatic rings. The predicted octanol–water partition coefficient (Wildman–Crippen LogP) is 2.44. The van der Waals surface area contributed by atoms with Crippen molar-refractivity contribution in [3.05, 3.63) is 5.15 Å². The molecule has 0 radical (unpaired) electrons. The normalized spacial score (nSPS) is 40.1. The van der Waals surface area contributed by atoms with Gasteiger partial charge >= 0.3 is 0 Å². The van der Waals surface area contributed by atoms with Crippen LogP contribution < -0.4 is 11.1 Å².